The van der Waals surface area contributed by atoms with Crippen LogP contribution in [0.15, 0.2) is 42.5 Å². The van der Waals surface area contributed by atoms with Crippen molar-refractivity contribution in [3.05, 3.63) is 59.2 Å². The zero-order valence-corrected chi connectivity index (χ0v) is 14.7. The molecule has 26 heavy (non-hydrogen) atoms. The van der Waals surface area contributed by atoms with Crippen LogP contribution >= 0.6 is 0 Å². The Morgan fingerprint density at radius 2 is 1.96 bits per heavy atom. The monoisotopic (exact) mass is 352 g/mol. The van der Waals surface area contributed by atoms with Crippen molar-refractivity contribution in [2.45, 2.75) is 12.8 Å². The largest absolute Gasteiger partial charge is 0.497 e. The molecule has 0 atom stereocenters. The molecule has 3 rings (SSSR count). The van der Waals surface area contributed by atoms with Crippen molar-refractivity contribution in [2.24, 2.45) is 0 Å². The summed E-state index contributed by atoms with van der Waals surface area (Å²) >= 11 is 0. The van der Waals surface area contributed by atoms with Crippen LogP contribution in [0.1, 0.15) is 32.7 Å². The minimum Gasteiger partial charge on any atom is -0.497 e. The summed E-state index contributed by atoms with van der Waals surface area (Å²) in [5.41, 5.74) is 2.75. The third-order valence-corrected chi connectivity index (χ3v) is 4.45. The molecule has 0 saturated carbocycles. The Hall–Kier alpha value is -3.15. The Bertz CT molecular complexity index is 876. The van der Waals surface area contributed by atoms with Gasteiger partial charge in [-0.1, -0.05) is 6.07 Å². The lowest BCUT2D eigenvalue weighted by molar-refractivity contribution is -0.117. The molecule has 1 aliphatic rings. The summed E-state index contributed by atoms with van der Waals surface area (Å²) in [6, 6.07) is 12.1. The van der Waals surface area contributed by atoms with Gasteiger partial charge in [0, 0.05) is 36.8 Å². The number of anilines is 1. The predicted molar refractivity (Wildman–Crippen MR) is 97.8 cm³/mol. The molecule has 0 bridgehead atoms. The van der Waals surface area contributed by atoms with Crippen LogP contribution in [-0.4, -0.2) is 38.3 Å². The lowest BCUT2D eigenvalue weighted by atomic mass is 10.0. The van der Waals surface area contributed by atoms with Crippen molar-refractivity contribution in [2.75, 3.05) is 25.6 Å². The van der Waals surface area contributed by atoms with Gasteiger partial charge in [0.15, 0.2) is 5.78 Å². The number of amides is 2. The van der Waals surface area contributed by atoms with Crippen molar-refractivity contribution in [3.8, 4) is 5.75 Å². The van der Waals surface area contributed by atoms with Crippen molar-refractivity contribution in [1.29, 1.82) is 0 Å². The minimum atomic E-state index is -0.252. The average Bonchev–Trinajstić information content (AvgIpc) is 2.95. The topological polar surface area (TPSA) is 75.7 Å². The third kappa shape index (κ3) is 3.59. The lowest BCUT2D eigenvalue weighted by Gasteiger charge is -2.10. The molecule has 2 aromatic carbocycles. The number of hydrogen-bond acceptors (Lipinski definition) is 4. The summed E-state index contributed by atoms with van der Waals surface area (Å²) in [4.78, 5) is 37.8. The molecule has 1 aliphatic heterocycles. The second-order valence-electron chi connectivity index (χ2n) is 6.13. The van der Waals surface area contributed by atoms with E-state index in [9.17, 15) is 14.4 Å². The number of methoxy groups -OCH3 is 1. The van der Waals surface area contributed by atoms with Gasteiger partial charge in [-0.2, -0.15) is 0 Å². The number of fused-ring (bicyclic) bond motifs is 1. The number of likely N-dealkylation sites (N-methyl/N-ethyl adjacent to an activating group) is 1. The molecule has 0 radical (unpaired) electrons. The molecule has 2 aromatic rings. The van der Waals surface area contributed by atoms with Gasteiger partial charge < -0.3 is 15.0 Å². The van der Waals surface area contributed by atoms with Crippen LogP contribution in [-0.2, 0) is 11.2 Å². The maximum atomic E-state index is 12.4. The maximum Gasteiger partial charge on any atom is 0.251 e. The van der Waals surface area contributed by atoms with E-state index < -0.39 is 0 Å². The normalized spacial score (nSPS) is 12.7. The molecule has 2 amide bonds. The first kappa shape index (κ1) is 17.7. The molecule has 0 aromatic heterocycles. The average molecular weight is 352 g/mol. The maximum absolute atomic E-state index is 12.4. The summed E-state index contributed by atoms with van der Waals surface area (Å²) in [6.07, 6.45) is 0.512. The Morgan fingerprint density at radius 3 is 2.73 bits per heavy atom. The number of nitrogens with zero attached hydrogens (tertiary/aromatic N) is 1. The van der Waals surface area contributed by atoms with E-state index in [1.54, 1.807) is 54.4 Å². The van der Waals surface area contributed by atoms with Gasteiger partial charge in [-0.25, -0.2) is 0 Å². The number of carbonyl (C=O) groups is 3. The summed E-state index contributed by atoms with van der Waals surface area (Å²) < 4.78 is 5.10. The Kier molecular flexibility index (Phi) is 5.02. The number of hydrogen-bond donors (Lipinski definition) is 1. The number of Topliss-reactive ketones (excluding diaryl/α,β-unsaturated/α-hetero) is 1. The molecular weight excluding hydrogens is 332 g/mol. The van der Waals surface area contributed by atoms with E-state index in [2.05, 4.69) is 5.32 Å². The quantitative estimate of drug-likeness (QED) is 0.809. The number of nitrogens with one attached hydrogen (secondary N) is 1. The molecule has 0 fully saturated rings. The summed E-state index contributed by atoms with van der Waals surface area (Å²) in [5, 5.41) is 2.74. The number of benzene rings is 2. The van der Waals surface area contributed by atoms with Gasteiger partial charge in [-0.05, 0) is 42.0 Å². The van der Waals surface area contributed by atoms with E-state index >= 15 is 0 Å². The zero-order valence-electron chi connectivity index (χ0n) is 14.7. The van der Waals surface area contributed by atoms with Gasteiger partial charge in [0.2, 0.25) is 5.91 Å². The molecule has 1 heterocycles. The first-order valence-corrected chi connectivity index (χ1v) is 8.34. The second kappa shape index (κ2) is 7.39. The standard InChI is InChI=1S/C20H20N2O4/c1-22-17-7-6-13(10-15(17)12-19(22)24)18(23)8-9-21-20(25)14-4-3-5-16(11-14)26-2/h3-7,10-11H,8-9,12H2,1-2H3,(H,21,25). The molecule has 0 saturated heterocycles. The van der Waals surface area contributed by atoms with Crippen LogP contribution in [0.2, 0.25) is 0 Å². The SMILES string of the molecule is COc1cccc(C(=O)NCCC(=O)c2ccc3c(c2)CC(=O)N3C)c1. The highest BCUT2D eigenvalue weighted by Gasteiger charge is 2.24. The van der Waals surface area contributed by atoms with E-state index in [0.717, 1.165) is 11.3 Å². The lowest BCUT2D eigenvalue weighted by Crippen LogP contribution is -2.26. The smallest absolute Gasteiger partial charge is 0.251 e. The molecule has 1 N–H and O–H groups in total. The number of ketones is 1. The molecular formula is C20H20N2O4. The van der Waals surface area contributed by atoms with E-state index in [-0.39, 0.29) is 30.6 Å². The van der Waals surface area contributed by atoms with Crippen LogP contribution in [0.4, 0.5) is 5.69 Å². The van der Waals surface area contributed by atoms with Crippen LogP contribution in [0.25, 0.3) is 0 Å². The van der Waals surface area contributed by atoms with Gasteiger partial charge >= 0.3 is 0 Å². The Labute approximate surface area is 151 Å². The second-order valence-corrected chi connectivity index (χ2v) is 6.13. The van der Waals surface area contributed by atoms with Gasteiger partial charge in [0.25, 0.3) is 5.91 Å². The fourth-order valence-electron chi connectivity index (χ4n) is 2.94. The van der Waals surface area contributed by atoms with E-state index in [4.69, 9.17) is 4.74 Å². The van der Waals surface area contributed by atoms with Gasteiger partial charge in [0.1, 0.15) is 5.75 Å². The molecule has 0 aliphatic carbocycles. The van der Waals surface area contributed by atoms with E-state index in [0.29, 0.717) is 23.3 Å². The fraction of sp³-hybridized carbons (Fsp3) is 0.250. The highest BCUT2D eigenvalue weighted by atomic mass is 16.5. The number of carbonyl (C=O) groups excluding carboxylic acids is 3. The van der Waals surface area contributed by atoms with E-state index in [1.165, 1.54) is 7.11 Å². The third-order valence-electron chi connectivity index (χ3n) is 4.45. The summed E-state index contributed by atoms with van der Waals surface area (Å²) in [7, 11) is 3.27. The zero-order chi connectivity index (χ0) is 18.7. The molecule has 134 valence electrons. The first-order valence-electron chi connectivity index (χ1n) is 8.34. The number of ether oxygens (including phenoxy) is 1. The Morgan fingerprint density at radius 1 is 1.15 bits per heavy atom. The number of rotatable bonds is 6. The predicted octanol–water partition coefficient (Wildman–Crippen LogP) is 2.22. The Balaban J connectivity index is 1.57. The first-order chi connectivity index (χ1) is 12.5. The summed E-state index contributed by atoms with van der Waals surface area (Å²) in [5.74, 6) is 0.306. The molecule has 6 nitrogen and oxygen atoms in total. The fourth-order valence-corrected chi connectivity index (χ4v) is 2.94. The van der Waals surface area contributed by atoms with Crippen LogP contribution in [0.3, 0.4) is 0 Å². The van der Waals surface area contributed by atoms with Gasteiger partial charge in [-0.3, -0.25) is 14.4 Å². The molecule has 6 heteroatoms. The molecule has 0 unspecified atom stereocenters. The van der Waals surface area contributed by atoms with Gasteiger partial charge in [-0.15, -0.1) is 0 Å². The van der Waals surface area contributed by atoms with Crippen LogP contribution in [0.5, 0.6) is 5.75 Å². The van der Waals surface area contributed by atoms with Crippen molar-refractivity contribution < 1.29 is 19.1 Å². The van der Waals surface area contributed by atoms with Crippen molar-refractivity contribution in [1.82, 2.24) is 5.32 Å². The highest BCUT2D eigenvalue weighted by Crippen LogP contribution is 2.28. The minimum absolute atomic E-state index is 0.0233. The van der Waals surface area contributed by atoms with Crippen molar-refractivity contribution in [3.63, 3.8) is 0 Å². The van der Waals surface area contributed by atoms with Gasteiger partial charge in [0.05, 0.1) is 13.5 Å². The van der Waals surface area contributed by atoms with Crippen LogP contribution < -0.4 is 15.0 Å². The van der Waals surface area contributed by atoms with Crippen molar-refractivity contribution >= 4 is 23.3 Å². The highest BCUT2D eigenvalue weighted by molar-refractivity contribution is 6.03. The molecule has 0 spiro atoms. The summed E-state index contributed by atoms with van der Waals surface area (Å²) in [6.45, 7) is 0.241. The van der Waals surface area contributed by atoms with Crippen LogP contribution in [0, 0.1) is 0 Å². The van der Waals surface area contributed by atoms with E-state index in [1.807, 2.05) is 0 Å².